The van der Waals surface area contributed by atoms with Crippen LogP contribution in [0, 0.1) is 5.41 Å². The molecule has 1 aliphatic rings. The van der Waals surface area contributed by atoms with Crippen LogP contribution >= 0.6 is 11.3 Å². The summed E-state index contributed by atoms with van der Waals surface area (Å²) >= 11 is 1.14. The smallest absolute Gasteiger partial charge is 0.334 e. The summed E-state index contributed by atoms with van der Waals surface area (Å²) in [5.41, 5.74) is -4.08. The number of carbonyl (C=O) groups excluding carboxylic acids is 2. The topological polar surface area (TPSA) is 144 Å². The highest BCUT2D eigenvalue weighted by molar-refractivity contribution is 7.09. The molecule has 0 spiro atoms. The number of hydrogen-bond donors (Lipinski definition) is 2. The van der Waals surface area contributed by atoms with E-state index in [0.29, 0.717) is 5.75 Å². The molecule has 3 aromatic rings. The number of esters is 1. The fourth-order valence-corrected chi connectivity index (χ4v) is 6.46. The molecule has 12 heteroatoms. The third-order valence-electron chi connectivity index (χ3n) is 7.48. The number of methoxy groups -OCH3 is 1. The summed E-state index contributed by atoms with van der Waals surface area (Å²) in [5.74, 6) is -2.34. The van der Waals surface area contributed by atoms with Gasteiger partial charge in [-0.2, -0.15) is 5.10 Å². The molecule has 226 valence electrons. The highest BCUT2D eigenvalue weighted by Gasteiger charge is 2.70. The number of carboxylic acid groups (broad SMARTS) is 1. The van der Waals surface area contributed by atoms with Crippen LogP contribution in [0.3, 0.4) is 0 Å². The van der Waals surface area contributed by atoms with Crippen molar-refractivity contribution in [2.24, 2.45) is 5.41 Å². The number of likely N-dealkylation sites (tertiary alicyclic amines) is 1. The Morgan fingerprint density at radius 3 is 2.36 bits per heavy atom. The van der Waals surface area contributed by atoms with E-state index in [9.17, 15) is 24.6 Å². The average Bonchev–Trinajstić information content (AvgIpc) is 3.66. The standard InChI is InChI=1S/C30H38N4O7S/c1-27(2,3)20-10-9-19(15-21(20)40-7)24(36)34-22(23-31-12-14-42-23)29(18-35,25(37)38)16-30(34,17-33-13-8-11-32-33)26(39)41-28(4,5)6/h8-15,22,35H,16-18H2,1-7H3,(H,37,38)/t22-,29+,30+/m0/s1. The fraction of sp³-hybridized carbons (Fsp3) is 0.500. The molecule has 0 bridgehead atoms. The normalized spacial score (nSPS) is 22.7. The van der Waals surface area contributed by atoms with E-state index in [4.69, 9.17) is 9.47 Å². The lowest BCUT2D eigenvalue weighted by atomic mass is 9.77. The van der Waals surface area contributed by atoms with Gasteiger partial charge in [-0.05, 0) is 49.9 Å². The molecule has 2 N–H and O–H groups in total. The summed E-state index contributed by atoms with van der Waals surface area (Å²) in [6.07, 6.45) is 4.20. The summed E-state index contributed by atoms with van der Waals surface area (Å²) in [6, 6.07) is 5.38. The van der Waals surface area contributed by atoms with E-state index in [0.717, 1.165) is 16.9 Å². The first-order valence-corrected chi connectivity index (χ1v) is 14.4. The maximum absolute atomic E-state index is 14.8. The molecule has 1 fully saturated rings. The lowest BCUT2D eigenvalue weighted by Crippen LogP contribution is -2.58. The van der Waals surface area contributed by atoms with Gasteiger partial charge in [0.2, 0.25) is 0 Å². The molecule has 1 aliphatic heterocycles. The van der Waals surface area contributed by atoms with Crippen LogP contribution in [0.15, 0.2) is 48.2 Å². The van der Waals surface area contributed by atoms with Crippen molar-refractivity contribution in [2.75, 3.05) is 13.7 Å². The predicted molar refractivity (Wildman–Crippen MR) is 155 cm³/mol. The Morgan fingerprint density at radius 1 is 1.14 bits per heavy atom. The zero-order chi connectivity index (χ0) is 31.1. The maximum Gasteiger partial charge on any atom is 0.334 e. The number of aromatic nitrogens is 3. The van der Waals surface area contributed by atoms with Crippen molar-refractivity contribution < 1.29 is 34.1 Å². The minimum Gasteiger partial charge on any atom is -0.496 e. The number of hydrogen-bond acceptors (Lipinski definition) is 9. The minimum atomic E-state index is -1.98. The van der Waals surface area contributed by atoms with Gasteiger partial charge in [0.25, 0.3) is 5.91 Å². The van der Waals surface area contributed by atoms with E-state index in [2.05, 4.69) is 10.1 Å². The van der Waals surface area contributed by atoms with E-state index in [1.165, 1.54) is 29.1 Å². The summed E-state index contributed by atoms with van der Waals surface area (Å²) in [7, 11) is 1.51. The second kappa shape index (κ2) is 11.1. The highest BCUT2D eigenvalue weighted by atomic mass is 32.1. The van der Waals surface area contributed by atoms with Crippen molar-refractivity contribution in [1.29, 1.82) is 0 Å². The first kappa shape index (κ1) is 31.2. The summed E-state index contributed by atoms with van der Waals surface area (Å²) in [5, 5.41) is 27.6. The van der Waals surface area contributed by atoms with Crippen LogP contribution < -0.4 is 4.74 Å². The number of nitrogens with zero attached hydrogens (tertiary/aromatic N) is 4. The molecule has 3 atom stereocenters. The largest absolute Gasteiger partial charge is 0.496 e. The predicted octanol–water partition coefficient (Wildman–Crippen LogP) is 4.08. The minimum absolute atomic E-state index is 0.175. The summed E-state index contributed by atoms with van der Waals surface area (Å²) < 4.78 is 13.0. The Balaban J connectivity index is 2.03. The number of ether oxygens (including phenoxy) is 2. The first-order valence-electron chi connectivity index (χ1n) is 13.6. The number of benzene rings is 1. The van der Waals surface area contributed by atoms with Gasteiger partial charge in [-0.15, -0.1) is 11.3 Å². The van der Waals surface area contributed by atoms with Crippen molar-refractivity contribution >= 4 is 29.2 Å². The SMILES string of the molecule is COc1cc(C(=O)N2[C@@H](c3nccs3)[C@@](CO)(C(=O)O)C[C@@]2(Cn2cccn2)C(=O)OC(C)(C)C)ccc1C(C)(C)C. The van der Waals surface area contributed by atoms with Gasteiger partial charge in [-0.1, -0.05) is 26.8 Å². The molecule has 0 saturated carbocycles. The lowest BCUT2D eigenvalue weighted by molar-refractivity contribution is -0.168. The third-order valence-corrected chi connectivity index (χ3v) is 8.31. The van der Waals surface area contributed by atoms with Crippen LogP contribution in [0.25, 0.3) is 0 Å². The van der Waals surface area contributed by atoms with Gasteiger partial charge in [0.1, 0.15) is 27.8 Å². The van der Waals surface area contributed by atoms with E-state index in [1.807, 2.05) is 20.8 Å². The Hall–Kier alpha value is -3.77. The number of carbonyl (C=O) groups is 3. The number of amides is 1. The van der Waals surface area contributed by atoms with Crippen LogP contribution in [-0.2, 0) is 26.3 Å². The van der Waals surface area contributed by atoms with Crippen molar-refractivity contribution in [3.05, 3.63) is 64.4 Å². The van der Waals surface area contributed by atoms with Crippen molar-refractivity contribution in [1.82, 2.24) is 19.7 Å². The molecule has 3 heterocycles. The van der Waals surface area contributed by atoms with Crippen LogP contribution in [0.2, 0.25) is 0 Å². The van der Waals surface area contributed by atoms with E-state index < -0.39 is 53.5 Å². The molecule has 0 aliphatic carbocycles. The quantitative estimate of drug-likeness (QED) is 0.367. The van der Waals surface area contributed by atoms with Gasteiger partial charge < -0.3 is 24.6 Å². The van der Waals surface area contributed by atoms with Gasteiger partial charge in [0, 0.05) is 36.0 Å². The molecule has 1 saturated heterocycles. The molecule has 1 amide bonds. The van der Waals surface area contributed by atoms with Crippen LogP contribution in [0.4, 0.5) is 0 Å². The fourth-order valence-electron chi connectivity index (χ4n) is 5.61. The second-order valence-corrected chi connectivity index (χ2v) is 13.6. The molecule has 11 nitrogen and oxygen atoms in total. The van der Waals surface area contributed by atoms with Crippen LogP contribution in [0.5, 0.6) is 5.75 Å². The molecule has 1 aromatic carbocycles. The van der Waals surface area contributed by atoms with E-state index >= 15 is 0 Å². The Bertz CT molecular complexity index is 1440. The van der Waals surface area contributed by atoms with Gasteiger partial charge in [-0.3, -0.25) is 14.3 Å². The number of thiazole rings is 1. The highest BCUT2D eigenvalue weighted by Crippen LogP contribution is 2.57. The molecular weight excluding hydrogens is 560 g/mol. The van der Waals surface area contributed by atoms with Crippen molar-refractivity contribution in [3.8, 4) is 5.75 Å². The Labute approximate surface area is 249 Å². The van der Waals surface area contributed by atoms with E-state index in [1.54, 1.807) is 56.6 Å². The molecule has 0 radical (unpaired) electrons. The molecule has 42 heavy (non-hydrogen) atoms. The second-order valence-electron chi connectivity index (χ2n) is 12.6. The number of aliphatic carboxylic acids is 1. The zero-order valence-corrected chi connectivity index (χ0v) is 25.8. The van der Waals surface area contributed by atoms with Gasteiger partial charge in [0.05, 0.1) is 20.3 Å². The number of rotatable bonds is 8. The molecule has 0 unspecified atom stereocenters. The van der Waals surface area contributed by atoms with Gasteiger partial charge >= 0.3 is 11.9 Å². The van der Waals surface area contributed by atoms with E-state index in [-0.39, 0.29) is 22.5 Å². The van der Waals surface area contributed by atoms with Gasteiger partial charge in [0.15, 0.2) is 5.54 Å². The zero-order valence-electron chi connectivity index (χ0n) is 25.0. The number of aliphatic hydroxyl groups is 1. The third kappa shape index (κ3) is 5.52. The summed E-state index contributed by atoms with van der Waals surface area (Å²) in [4.78, 5) is 47.8. The monoisotopic (exact) mass is 598 g/mol. The van der Waals surface area contributed by atoms with Crippen LogP contribution in [0.1, 0.15) is 74.9 Å². The van der Waals surface area contributed by atoms with Crippen molar-refractivity contribution in [2.45, 2.75) is 77.1 Å². The molecular formula is C30H38N4O7S. The lowest BCUT2D eigenvalue weighted by Gasteiger charge is -2.40. The van der Waals surface area contributed by atoms with Crippen LogP contribution in [-0.4, -0.2) is 72.6 Å². The number of aliphatic hydroxyl groups excluding tert-OH is 1. The molecule has 2 aromatic heterocycles. The Kier molecular flexibility index (Phi) is 8.27. The first-order chi connectivity index (χ1) is 19.6. The maximum atomic E-state index is 14.8. The van der Waals surface area contributed by atoms with Crippen molar-refractivity contribution in [3.63, 3.8) is 0 Å². The summed E-state index contributed by atoms with van der Waals surface area (Å²) in [6.45, 7) is 10.1. The average molecular weight is 599 g/mol. The molecule has 4 rings (SSSR count). The number of carboxylic acids is 1. The van der Waals surface area contributed by atoms with Gasteiger partial charge in [-0.25, -0.2) is 9.78 Å². The Morgan fingerprint density at radius 2 is 1.86 bits per heavy atom.